The van der Waals surface area contributed by atoms with Crippen LogP contribution in [-0.4, -0.2) is 43.6 Å². The van der Waals surface area contributed by atoms with Crippen molar-refractivity contribution in [3.8, 4) is 0 Å². The van der Waals surface area contributed by atoms with Crippen molar-refractivity contribution in [2.75, 3.05) is 20.2 Å². The second-order valence-electron chi connectivity index (χ2n) is 5.74. The van der Waals surface area contributed by atoms with Crippen molar-refractivity contribution in [2.45, 2.75) is 50.3 Å². The van der Waals surface area contributed by atoms with Gasteiger partial charge in [-0.15, -0.1) is 0 Å². The van der Waals surface area contributed by atoms with Crippen LogP contribution < -0.4 is 5.73 Å². The highest BCUT2D eigenvalue weighted by Crippen LogP contribution is 2.25. The zero-order valence-corrected chi connectivity index (χ0v) is 13.8. The van der Waals surface area contributed by atoms with Crippen LogP contribution in [0.2, 0.25) is 0 Å². The molecule has 1 fully saturated rings. The Morgan fingerprint density at radius 2 is 2.19 bits per heavy atom. The highest BCUT2D eigenvalue weighted by molar-refractivity contribution is 7.89. The van der Waals surface area contributed by atoms with Crippen LogP contribution in [0.4, 0.5) is 0 Å². The summed E-state index contributed by atoms with van der Waals surface area (Å²) in [4.78, 5) is 0.327. The fourth-order valence-electron chi connectivity index (χ4n) is 2.75. The molecule has 1 unspecified atom stereocenters. The number of nitrogens with zero attached hydrogens (tertiary/aromatic N) is 2. The molecule has 1 aliphatic heterocycles. The van der Waals surface area contributed by atoms with Gasteiger partial charge in [-0.2, -0.15) is 4.31 Å². The van der Waals surface area contributed by atoms with E-state index in [-0.39, 0.29) is 12.1 Å². The van der Waals surface area contributed by atoms with Gasteiger partial charge in [0.1, 0.15) is 4.90 Å². The fraction of sp³-hybridized carbons (Fsp3) is 0.714. The molecule has 1 aromatic heterocycles. The minimum Gasteiger partial charge on any atom is -0.380 e. The maximum absolute atomic E-state index is 12.8. The van der Waals surface area contributed by atoms with Crippen molar-refractivity contribution in [3.63, 3.8) is 0 Å². The minimum absolute atomic E-state index is 0.0188. The molecule has 21 heavy (non-hydrogen) atoms. The van der Waals surface area contributed by atoms with E-state index < -0.39 is 10.0 Å². The van der Waals surface area contributed by atoms with Gasteiger partial charge in [0.2, 0.25) is 10.0 Å². The molecule has 7 heteroatoms. The summed E-state index contributed by atoms with van der Waals surface area (Å²) in [5.74, 6) is 0. The molecule has 1 atom stereocenters. The SMILES string of the molecule is COC1CCCN(S(=O)(=O)c2cc(CN)n(C(C)C)c2)C1. The van der Waals surface area contributed by atoms with E-state index in [2.05, 4.69) is 0 Å². The Balaban J connectivity index is 2.31. The third kappa shape index (κ3) is 3.31. The second kappa shape index (κ2) is 6.48. The lowest BCUT2D eigenvalue weighted by molar-refractivity contribution is 0.0572. The van der Waals surface area contributed by atoms with Gasteiger partial charge in [0.25, 0.3) is 0 Å². The lowest BCUT2D eigenvalue weighted by atomic mass is 10.1. The minimum atomic E-state index is -3.47. The molecule has 2 rings (SSSR count). The summed E-state index contributed by atoms with van der Waals surface area (Å²) >= 11 is 0. The molecule has 0 radical (unpaired) electrons. The summed E-state index contributed by atoms with van der Waals surface area (Å²) in [6, 6.07) is 1.87. The van der Waals surface area contributed by atoms with E-state index in [0.29, 0.717) is 24.5 Å². The number of ether oxygens (including phenoxy) is 1. The van der Waals surface area contributed by atoms with Crippen molar-refractivity contribution in [3.05, 3.63) is 18.0 Å². The number of methoxy groups -OCH3 is 1. The van der Waals surface area contributed by atoms with E-state index in [4.69, 9.17) is 10.5 Å². The third-order valence-corrected chi connectivity index (χ3v) is 5.81. The number of aromatic nitrogens is 1. The van der Waals surface area contributed by atoms with E-state index in [1.54, 1.807) is 19.4 Å². The first-order chi connectivity index (χ1) is 9.90. The Morgan fingerprint density at radius 1 is 1.48 bits per heavy atom. The van der Waals surface area contributed by atoms with E-state index in [9.17, 15) is 8.42 Å². The Hall–Kier alpha value is -0.890. The van der Waals surface area contributed by atoms with Gasteiger partial charge in [-0.1, -0.05) is 0 Å². The first-order valence-electron chi connectivity index (χ1n) is 7.34. The zero-order valence-electron chi connectivity index (χ0n) is 12.9. The van der Waals surface area contributed by atoms with Crippen molar-refractivity contribution in [1.29, 1.82) is 0 Å². The fourth-order valence-corrected chi connectivity index (χ4v) is 4.31. The van der Waals surface area contributed by atoms with Crippen LogP contribution in [0.1, 0.15) is 38.4 Å². The number of rotatable bonds is 5. The Bertz CT molecular complexity index is 580. The number of sulfonamides is 1. The standard InChI is InChI=1S/C14H25N3O3S/c1-11(2)17-10-14(7-12(17)8-15)21(18,19)16-6-4-5-13(9-16)20-3/h7,10-11,13H,4-6,8-9,15H2,1-3H3. The predicted molar refractivity (Wildman–Crippen MR) is 81.5 cm³/mol. The van der Waals surface area contributed by atoms with Crippen molar-refractivity contribution in [2.24, 2.45) is 5.73 Å². The van der Waals surface area contributed by atoms with E-state index >= 15 is 0 Å². The van der Waals surface area contributed by atoms with Gasteiger partial charge in [-0.05, 0) is 32.8 Å². The number of nitrogens with two attached hydrogens (primary N) is 1. The van der Waals surface area contributed by atoms with Crippen LogP contribution in [0.3, 0.4) is 0 Å². The van der Waals surface area contributed by atoms with E-state index in [0.717, 1.165) is 18.5 Å². The Morgan fingerprint density at radius 3 is 2.71 bits per heavy atom. The average molecular weight is 315 g/mol. The lowest BCUT2D eigenvalue weighted by Crippen LogP contribution is -2.42. The third-order valence-electron chi connectivity index (χ3n) is 3.98. The topological polar surface area (TPSA) is 77.6 Å². The lowest BCUT2D eigenvalue weighted by Gasteiger charge is -2.30. The van der Waals surface area contributed by atoms with Crippen LogP contribution in [0.25, 0.3) is 0 Å². The van der Waals surface area contributed by atoms with Gasteiger partial charge in [0, 0.05) is 44.7 Å². The van der Waals surface area contributed by atoms with Gasteiger partial charge in [0.15, 0.2) is 0 Å². The summed E-state index contributed by atoms with van der Waals surface area (Å²) < 4.78 is 34.3. The molecule has 0 amide bonds. The zero-order chi connectivity index (χ0) is 15.6. The highest BCUT2D eigenvalue weighted by atomic mass is 32.2. The van der Waals surface area contributed by atoms with Gasteiger partial charge < -0.3 is 15.0 Å². The Kier molecular flexibility index (Phi) is 5.08. The first-order valence-corrected chi connectivity index (χ1v) is 8.78. The van der Waals surface area contributed by atoms with Gasteiger partial charge in [-0.25, -0.2) is 8.42 Å². The molecule has 0 spiro atoms. The van der Waals surface area contributed by atoms with Crippen molar-refractivity contribution < 1.29 is 13.2 Å². The van der Waals surface area contributed by atoms with Crippen LogP contribution >= 0.6 is 0 Å². The maximum Gasteiger partial charge on any atom is 0.244 e. The number of hydrogen-bond donors (Lipinski definition) is 1. The molecule has 120 valence electrons. The molecule has 1 aliphatic rings. The highest BCUT2D eigenvalue weighted by Gasteiger charge is 2.31. The maximum atomic E-state index is 12.8. The first kappa shape index (κ1) is 16.5. The van der Waals surface area contributed by atoms with Crippen LogP contribution in [0, 0.1) is 0 Å². The predicted octanol–water partition coefficient (Wildman–Crippen LogP) is 1.33. The molecule has 0 aliphatic carbocycles. The van der Waals surface area contributed by atoms with E-state index in [1.165, 1.54) is 4.31 Å². The summed E-state index contributed by atoms with van der Waals surface area (Å²) in [7, 11) is -1.85. The second-order valence-corrected chi connectivity index (χ2v) is 7.67. The van der Waals surface area contributed by atoms with Crippen LogP contribution in [0.5, 0.6) is 0 Å². The van der Waals surface area contributed by atoms with Crippen LogP contribution in [0.15, 0.2) is 17.2 Å². The van der Waals surface area contributed by atoms with Crippen LogP contribution in [-0.2, 0) is 21.3 Å². The molecule has 2 heterocycles. The molecule has 6 nitrogen and oxygen atoms in total. The molecular formula is C14H25N3O3S. The summed E-state index contributed by atoms with van der Waals surface area (Å²) in [6.07, 6.45) is 3.41. The van der Waals surface area contributed by atoms with E-state index in [1.807, 2.05) is 18.4 Å². The molecule has 0 aromatic carbocycles. The smallest absolute Gasteiger partial charge is 0.244 e. The number of piperidine rings is 1. The van der Waals surface area contributed by atoms with Gasteiger partial charge >= 0.3 is 0 Å². The molecular weight excluding hydrogens is 290 g/mol. The molecule has 1 saturated heterocycles. The molecule has 0 saturated carbocycles. The van der Waals surface area contributed by atoms with Crippen molar-refractivity contribution in [1.82, 2.24) is 8.87 Å². The van der Waals surface area contributed by atoms with Crippen molar-refractivity contribution >= 4 is 10.0 Å². The Labute approximate surface area is 126 Å². The number of hydrogen-bond acceptors (Lipinski definition) is 4. The normalized spacial score (nSPS) is 21.1. The summed E-state index contributed by atoms with van der Waals surface area (Å²) in [5, 5.41) is 0. The largest absolute Gasteiger partial charge is 0.380 e. The summed E-state index contributed by atoms with van der Waals surface area (Å²) in [5.41, 5.74) is 6.55. The monoisotopic (exact) mass is 315 g/mol. The molecule has 1 aromatic rings. The van der Waals surface area contributed by atoms with Gasteiger partial charge in [0.05, 0.1) is 6.10 Å². The molecule has 2 N–H and O–H groups in total. The molecule has 0 bridgehead atoms. The quantitative estimate of drug-likeness (QED) is 0.889. The summed E-state index contributed by atoms with van der Waals surface area (Å²) in [6.45, 7) is 5.32. The average Bonchev–Trinajstić information content (AvgIpc) is 2.92. The van der Waals surface area contributed by atoms with Gasteiger partial charge in [-0.3, -0.25) is 0 Å².